The molecule has 12 aromatic carbocycles. The van der Waals surface area contributed by atoms with Crippen LogP contribution in [0.25, 0.3) is 116 Å². The molecule has 0 saturated heterocycles. The number of para-hydroxylation sites is 4. The molecule has 15 aromatic rings. The van der Waals surface area contributed by atoms with Gasteiger partial charge in [0.05, 0.1) is 33.1 Å². The normalized spacial score (nSPS) is 11.3. The maximum absolute atomic E-state index is 2.40. The molecule has 3 aromatic heterocycles. The first kappa shape index (κ1) is 47.7. The van der Waals surface area contributed by atoms with Crippen molar-refractivity contribution in [2.45, 2.75) is 20.8 Å². The first-order valence-electron chi connectivity index (χ1n) is 26.9. The number of hydrogen-bond donors (Lipinski definition) is 0. The quantitative estimate of drug-likeness (QED) is 0.158. The summed E-state index contributed by atoms with van der Waals surface area (Å²) in [5.41, 5.74) is 22.7. The molecule has 0 radical (unpaired) electrons. The van der Waals surface area contributed by atoms with Crippen LogP contribution in [0.4, 0.5) is 0 Å². The molecule has 0 saturated carbocycles. The third-order valence-corrected chi connectivity index (χ3v) is 15.4. The number of aryl methyl sites for hydroxylation is 3. The molecule has 0 aliphatic heterocycles. The molecule has 0 N–H and O–H groups in total. The van der Waals surface area contributed by atoms with Gasteiger partial charge in [-0.25, -0.2) is 0 Å². The van der Waals surface area contributed by atoms with Gasteiger partial charge >= 0.3 is 0 Å². The van der Waals surface area contributed by atoms with Crippen LogP contribution in [0.5, 0.6) is 0 Å². The van der Waals surface area contributed by atoms with E-state index in [1.807, 2.05) is 0 Å². The second kappa shape index (κ2) is 20.6. The Morgan fingerprint density at radius 2 is 0.590 bits per heavy atom. The number of benzene rings is 12. The van der Waals surface area contributed by atoms with Gasteiger partial charge in [0, 0.05) is 54.9 Å². The standard InChI is InChI=1S/3C25H19N/c1-18-10-8-17-23-24(18)22-16-9-15-21(19-11-4-2-5-12-19)25(22)26(23)20-13-6-3-7-14-20;1-18-10-8-16-22-24(18)25-21(19-11-4-2-5-12-19)15-9-17-23(25)26(22)20-13-6-3-7-14-20;1-18-9-8-14-24-25(18)22-17-20(19-10-4-2-5-11-19)15-16-23(22)26(24)21-12-6-3-7-13-21/h3*2-17H,1H3. The van der Waals surface area contributed by atoms with E-state index in [0.717, 1.165) is 0 Å². The SMILES string of the molecule is Cc1cccc2c1c1c(-c3ccccc3)cccc1n2-c1ccccc1.Cc1cccc2c1c1cc(-c3ccccc3)ccc1n2-c1ccccc1.Cc1cccc2c1c1cccc(-c3ccccc3)c1n2-c1ccccc1. The Hall–Kier alpha value is -9.96. The van der Waals surface area contributed by atoms with Crippen LogP contribution in [0.1, 0.15) is 16.7 Å². The first-order chi connectivity index (χ1) is 38.5. The molecule has 0 amide bonds. The average Bonchev–Trinajstić information content (AvgIpc) is 4.26. The highest BCUT2D eigenvalue weighted by Crippen LogP contribution is 2.42. The average molecular weight is 1000 g/mol. The summed E-state index contributed by atoms with van der Waals surface area (Å²) in [5.74, 6) is 0. The fourth-order valence-electron chi connectivity index (χ4n) is 11.9. The predicted octanol–water partition coefficient (Wildman–Crippen LogP) is 20.3. The van der Waals surface area contributed by atoms with Crippen molar-refractivity contribution >= 4 is 65.4 Å². The zero-order valence-corrected chi connectivity index (χ0v) is 44.1. The van der Waals surface area contributed by atoms with Crippen LogP contribution in [-0.4, -0.2) is 13.7 Å². The Morgan fingerprint density at radius 1 is 0.218 bits per heavy atom. The number of hydrogen-bond acceptors (Lipinski definition) is 0. The van der Waals surface area contributed by atoms with E-state index < -0.39 is 0 Å². The summed E-state index contributed by atoms with van der Waals surface area (Å²) in [7, 11) is 0. The highest BCUT2D eigenvalue weighted by atomic mass is 15.0. The van der Waals surface area contributed by atoms with Crippen LogP contribution in [-0.2, 0) is 0 Å². The molecule has 0 fully saturated rings. The van der Waals surface area contributed by atoms with Crippen molar-refractivity contribution in [3.63, 3.8) is 0 Å². The molecule has 78 heavy (non-hydrogen) atoms. The lowest BCUT2D eigenvalue weighted by Gasteiger charge is -2.11. The zero-order chi connectivity index (χ0) is 52.5. The Morgan fingerprint density at radius 3 is 1.13 bits per heavy atom. The third kappa shape index (κ3) is 8.52. The first-order valence-corrected chi connectivity index (χ1v) is 26.9. The van der Waals surface area contributed by atoms with E-state index in [-0.39, 0.29) is 0 Å². The second-order valence-corrected chi connectivity index (χ2v) is 20.2. The minimum Gasteiger partial charge on any atom is -0.309 e. The summed E-state index contributed by atoms with van der Waals surface area (Å²) >= 11 is 0. The fraction of sp³-hybridized carbons (Fsp3) is 0.0400. The van der Waals surface area contributed by atoms with Crippen LogP contribution in [0, 0.1) is 20.8 Å². The Bertz CT molecular complexity index is 4570. The fourth-order valence-corrected chi connectivity index (χ4v) is 11.9. The summed E-state index contributed by atoms with van der Waals surface area (Å²) in [4.78, 5) is 0. The number of rotatable bonds is 6. The zero-order valence-electron chi connectivity index (χ0n) is 44.1. The number of aromatic nitrogens is 3. The summed E-state index contributed by atoms with van der Waals surface area (Å²) in [6.45, 7) is 6.61. The molecular weight excluding hydrogens is 943 g/mol. The molecule has 3 heteroatoms. The number of nitrogens with zero attached hydrogens (tertiary/aromatic N) is 3. The van der Waals surface area contributed by atoms with Gasteiger partial charge in [-0.3, -0.25) is 0 Å². The van der Waals surface area contributed by atoms with Crippen LogP contribution >= 0.6 is 0 Å². The smallest absolute Gasteiger partial charge is 0.0619 e. The van der Waals surface area contributed by atoms with Crippen LogP contribution < -0.4 is 0 Å². The minimum absolute atomic E-state index is 1.20. The molecule has 0 atom stereocenters. The van der Waals surface area contributed by atoms with Crippen molar-refractivity contribution in [2.75, 3.05) is 0 Å². The van der Waals surface area contributed by atoms with Crippen molar-refractivity contribution in [3.8, 4) is 50.4 Å². The van der Waals surface area contributed by atoms with Gasteiger partial charge in [-0.2, -0.15) is 0 Å². The lowest BCUT2D eigenvalue weighted by molar-refractivity contribution is 1.18. The van der Waals surface area contributed by atoms with Crippen molar-refractivity contribution in [2.24, 2.45) is 0 Å². The van der Waals surface area contributed by atoms with E-state index in [9.17, 15) is 0 Å². The molecule has 372 valence electrons. The van der Waals surface area contributed by atoms with Gasteiger partial charge in [-0.15, -0.1) is 0 Å². The maximum Gasteiger partial charge on any atom is 0.0619 e. The maximum atomic E-state index is 2.40. The van der Waals surface area contributed by atoms with Crippen LogP contribution in [0.3, 0.4) is 0 Å². The molecule has 0 spiro atoms. The second-order valence-electron chi connectivity index (χ2n) is 20.2. The van der Waals surface area contributed by atoms with Gasteiger partial charge in [0.25, 0.3) is 0 Å². The minimum atomic E-state index is 1.20. The van der Waals surface area contributed by atoms with Crippen LogP contribution in [0.15, 0.2) is 291 Å². The molecule has 0 bridgehead atoms. The lowest BCUT2D eigenvalue weighted by Crippen LogP contribution is -1.95. The van der Waals surface area contributed by atoms with Crippen molar-refractivity contribution in [1.29, 1.82) is 0 Å². The summed E-state index contributed by atoms with van der Waals surface area (Å²) in [6, 6.07) is 104. The van der Waals surface area contributed by atoms with Gasteiger partial charge in [-0.05, 0) is 138 Å². The van der Waals surface area contributed by atoms with E-state index >= 15 is 0 Å². The molecule has 0 aliphatic rings. The Balaban J connectivity index is 0.000000111. The molecule has 3 heterocycles. The Labute approximate surface area is 455 Å². The van der Waals surface area contributed by atoms with E-state index in [2.05, 4.69) is 326 Å². The molecule has 15 rings (SSSR count). The van der Waals surface area contributed by atoms with Gasteiger partial charge < -0.3 is 13.7 Å². The highest BCUT2D eigenvalue weighted by molar-refractivity contribution is 6.18. The van der Waals surface area contributed by atoms with E-state index in [1.54, 1.807) is 0 Å². The molecule has 3 nitrogen and oxygen atoms in total. The summed E-state index contributed by atoms with van der Waals surface area (Å²) < 4.78 is 7.15. The molecule has 0 unspecified atom stereocenters. The summed E-state index contributed by atoms with van der Waals surface area (Å²) in [5, 5.41) is 7.96. The lowest BCUT2D eigenvalue weighted by atomic mass is 9.98. The van der Waals surface area contributed by atoms with Crippen molar-refractivity contribution in [3.05, 3.63) is 308 Å². The van der Waals surface area contributed by atoms with Gasteiger partial charge in [0.1, 0.15) is 0 Å². The van der Waals surface area contributed by atoms with Crippen molar-refractivity contribution < 1.29 is 0 Å². The largest absolute Gasteiger partial charge is 0.309 e. The van der Waals surface area contributed by atoms with Crippen molar-refractivity contribution in [1.82, 2.24) is 13.7 Å². The van der Waals surface area contributed by atoms with Gasteiger partial charge in [0.2, 0.25) is 0 Å². The molecule has 0 aliphatic carbocycles. The van der Waals surface area contributed by atoms with E-state index in [4.69, 9.17) is 0 Å². The Kier molecular flexibility index (Phi) is 12.6. The highest BCUT2D eigenvalue weighted by Gasteiger charge is 2.20. The van der Waals surface area contributed by atoms with Gasteiger partial charge in [0.15, 0.2) is 0 Å². The third-order valence-electron chi connectivity index (χ3n) is 15.4. The predicted molar refractivity (Wildman–Crippen MR) is 333 cm³/mol. The van der Waals surface area contributed by atoms with E-state index in [0.29, 0.717) is 0 Å². The van der Waals surface area contributed by atoms with Crippen LogP contribution in [0.2, 0.25) is 0 Å². The molecular formula is C75H57N3. The van der Waals surface area contributed by atoms with Gasteiger partial charge in [-0.1, -0.05) is 218 Å². The topological polar surface area (TPSA) is 14.8 Å². The monoisotopic (exact) mass is 999 g/mol. The van der Waals surface area contributed by atoms with E-state index in [1.165, 1.54) is 133 Å². The number of fused-ring (bicyclic) bond motifs is 9. The summed E-state index contributed by atoms with van der Waals surface area (Å²) in [6.07, 6.45) is 0.